The third-order valence-corrected chi connectivity index (χ3v) is 3.54. The first kappa shape index (κ1) is 15.6. The van der Waals surface area contributed by atoms with Gasteiger partial charge in [-0.05, 0) is 56.5 Å². The van der Waals surface area contributed by atoms with E-state index in [2.05, 4.69) is 22.4 Å². The second kappa shape index (κ2) is 7.27. The summed E-state index contributed by atoms with van der Waals surface area (Å²) in [5.41, 5.74) is 3.59. The van der Waals surface area contributed by atoms with Gasteiger partial charge in [-0.3, -0.25) is 0 Å². The number of aryl methyl sites for hydroxylation is 2. The van der Waals surface area contributed by atoms with E-state index in [1.807, 2.05) is 32.0 Å². The summed E-state index contributed by atoms with van der Waals surface area (Å²) in [6, 6.07) is 9.03. The molecule has 0 amide bonds. The second-order valence-electron chi connectivity index (χ2n) is 5.33. The Hall–Kier alpha value is -1.81. The molecule has 0 aliphatic carbocycles. The van der Waals surface area contributed by atoms with Crippen LogP contribution in [0.25, 0.3) is 0 Å². The summed E-state index contributed by atoms with van der Waals surface area (Å²) >= 11 is 0. The fourth-order valence-corrected chi connectivity index (χ4v) is 2.42. The molecule has 1 aromatic carbocycles. The van der Waals surface area contributed by atoms with Crippen molar-refractivity contribution in [2.24, 2.45) is 0 Å². The van der Waals surface area contributed by atoms with Gasteiger partial charge in [0.2, 0.25) is 0 Å². The standard InChI is InChI=1S/C17H22FN3/c1-4-9-19-17(11-14-7-5-6-8-16(14)18)15-10-12(2)20-21-13(15)3/h5-8,10,17,19H,4,9,11H2,1-3H3. The molecule has 0 aliphatic heterocycles. The number of rotatable bonds is 6. The van der Waals surface area contributed by atoms with Gasteiger partial charge in [0, 0.05) is 6.04 Å². The topological polar surface area (TPSA) is 37.8 Å². The Balaban J connectivity index is 2.30. The molecule has 0 aliphatic rings. The first-order chi connectivity index (χ1) is 10.1. The summed E-state index contributed by atoms with van der Waals surface area (Å²) in [7, 11) is 0. The van der Waals surface area contributed by atoms with Crippen LogP contribution in [0.1, 0.15) is 41.9 Å². The average molecular weight is 287 g/mol. The maximum Gasteiger partial charge on any atom is 0.126 e. The van der Waals surface area contributed by atoms with Crippen molar-refractivity contribution >= 4 is 0 Å². The predicted octanol–water partition coefficient (Wildman–Crippen LogP) is 3.52. The van der Waals surface area contributed by atoms with Gasteiger partial charge >= 0.3 is 0 Å². The minimum absolute atomic E-state index is 0.0519. The average Bonchev–Trinajstić information content (AvgIpc) is 2.48. The third-order valence-electron chi connectivity index (χ3n) is 3.54. The lowest BCUT2D eigenvalue weighted by molar-refractivity contribution is 0.508. The maximum atomic E-state index is 13.9. The first-order valence-corrected chi connectivity index (χ1v) is 7.39. The zero-order valence-corrected chi connectivity index (χ0v) is 12.9. The molecule has 4 heteroatoms. The third kappa shape index (κ3) is 4.08. The Morgan fingerprint density at radius 1 is 1.19 bits per heavy atom. The Kier molecular flexibility index (Phi) is 5.39. The molecule has 0 spiro atoms. The molecule has 1 heterocycles. The van der Waals surface area contributed by atoms with Gasteiger partial charge in [-0.2, -0.15) is 10.2 Å². The van der Waals surface area contributed by atoms with Crippen LogP contribution in [0.4, 0.5) is 4.39 Å². The highest BCUT2D eigenvalue weighted by Crippen LogP contribution is 2.22. The van der Waals surface area contributed by atoms with Gasteiger partial charge in [-0.25, -0.2) is 4.39 Å². The van der Waals surface area contributed by atoms with Gasteiger partial charge in [-0.1, -0.05) is 25.1 Å². The lowest BCUT2D eigenvalue weighted by Gasteiger charge is -2.21. The molecule has 0 saturated carbocycles. The molecule has 0 saturated heterocycles. The zero-order chi connectivity index (χ0) is 15.2. The summed E-state index contributed by atoms with van der Waals surface area (Å²) in [4.78, 5) is 0. The molecule has 2 aromatic rings. The van der Waals surface area contributed by atoms with Crippen LogP contribution in [0.15, 0.2) is 30.3 Å². The normalized spacial score (nSPS) is 12.4. The minimum Gasteiger partial charge on any atom is -0.310 e. The molecule has 0 bridgehead atoms. The van der Waals surface area contributed by atoms with Crippen LogP contribution < -0.4 is 5.32 Å². The Labute approximate surface area is 125 Å². The second-order valence-corrected chi connectivity index (χ2v) is 5.33. The van der Waals surface area contributed by atoms with Crippen LogP contribution in [-0.4, -0.2) is 16.7 Å². The highest BCUT2D eigenvalue weighted by Gasteiger charge is 2.17. The van der Waals surface area contributed by atoms with Gasteiger partial charge in [0.25, 0.3) is 0 Å². The van der Waals surface area contributed by atoms with Crippen molar-refractivity contribution in [2.45, 2.75) is 39.7 Å². The highest BCUT2D eigenvalue weighted by molar-refractivity contribution is 5.27. The van der Waals surface area contributed by atoms with Gasteiger partial charge in [0.15, 0.2) is 0 Å². The van der Waals surface area contributed by atoms with Crippen LogP contribution in [0.3, 0.4) is 0 Å². The number of hydrogen-bond donors (Lipinski definition) is 1. The minimum atomic E-state index is -0.155. The lowest BCUT2D eigenvalue weighted by Crippen LogP contribution is -2.25. The monoisotopic (exact) mass is 287 g/mol. The van der Waals surface area contributed by atoms with Crippen LogP contribution in [0, 0.1) is 19.7 Å². The van der Waals surface area contributed by atoms with E-state index in [1.54, 1.807) is 6.07 Å². The molecular formula is C17H22FN3. The number of aromatic nitrogens is 2. The number of nitrogens with zero attached hydrogens (tertiary/aromatic N) is 2. The quantitative estimate of drug-likeness (QED) is 0.883. The van der Waals surface area contributed by atoms with Crippen molar-refractivity contribution in [1.82, 2.24) is 15.5 Å². The molecular weight excluding hydrogens is 265 g/mol. The molecule has 0 fully saturated rings. The van der Waals surface area contributed by atoms with Gasteiger partial charge < -0.3 is 5.32 Å². The van der Waals surface area contributed by atoms with E-state index in [9.17, 15) is 4.39 Å². The molecule has 21 heavy (non-hydrogen) atoms. The van der Waals surface area contributed by atoms with E-state index in [4.69, 9.17) is 0 Å². The summed E-state index contributed by atoms with van der Waals surface area (Å²) in [6.45, 7) is 6.88. The van der Waals surface area contributed by atoms with Gasteiger partial charge in [-0.15, -0.1) is 0 Å². The number of halogens is 1. The molecule has 3 nitrogen and oxygen atoms in total. The van der Waals surface area contributed by atoms with Crippen molar-refractivity contribution < 1.29 is 4.39 Å². The molecule has 1 N–H and O–H groups in total. The first-order valence-electron chi connectivity index (χ1n) is 7.39. The number of hydrogen-bond acceptors (Lipinski definition) is 3. The highest BCUT2D eigenvalue weighted by atomic mass is 19.1. The van der Waals surface area contributed by atoms with E-state index < -0.39 is 0 Å². The number of benzene rings is 1. The van der Waals surface area contributed by atoms with E-state index in [-0.39, 0.29) is 11.9 Å². The smallest absolute Gasteiger partial charge is 0.126 e. The predicted molar refractivity (Wildman–Crippen MR) is 82.6 cm³/mol. The van der Waals surface area contributed by atoms with Crippen LogP contribution >= 0.6 is 0 Å². The van der Waals surface area contributed by atoms with Crippen LogP contribution in [0.5, 0.6) is 0 Å². The summed E-state index contributed by atoms with van der Waals surface area (Å²) in [6.07, 6.45) is 1.64. The largest absolute Gasteiger partial charge is 0.310 e. The van der Waals surface area contributed by atoms with Crippen molar-refractivity contribution in [3.8, 4) is 0 Å². The molecule has 112 valence electrons. The van der Waals surface area contributed by atoms with Crippen molar-refractivity contribution in [2.75, 3.05) is 6.54 Å². The lowest BCUT2D eigenvalue weighted by atomic mass is 9.97. The summed E-state index contributed by atoms with van der Waals surface area (Å²) < 4.78 is 13.9. The zero-order valence-electron chi connectivity index (χ0n) is 12.9. The Bertz CT molecular complexity index is 598. The molecule has 2 rings (SSSR count). The van der Waals surface area contributed by atoms with E-state index >= 15 is 0 Å². The SMILES string of the molecule is CCCNC(Cc1ccccc1F)c1cc(C)nnc1C. The van der Waals surface area contributed by atoms with Crippen LogP contribution in [0.2, 0.25) is 0 Å². The molecule has 0 radical (unpaired) electrons. The number of nitrogens with one attached hydrogen (secondary N) is 1. The van der Waals surface area contributed by atoms with Crippen molar-refractivity contribution in [1.29, 1.82) is 0 Å². The van der Waals surface area contributed by atoms with Crippen molar-refractivity contribution in [3.05, 3.63) is 58.7 Å². The van der Waals surface area contributed by atoms with E-state index in [0.29, 0.717) is 6.42 Å². The fraction of sp³-hybridized carbons (Fsp3) is 0.412. The van der Waals surface area contributed by atoms with E-state index in [0.717, 1.165) is 35.5 Å². The Morgan fingerprint density at radius 2 is 1.95 bits per heavy atom. The van der Waals surface area contributed by atoms with Gasteiger partial charge in [0.1, 0.15) is 5.82 Å². The van der Waals surface area contributed by atoms with E-state index in [1.165, 1.54) is 6.07 Å². The Morgan fingerprint density at radius 3 is 2.67 bits per heavy atom. The molecule has 1 unspecified atom stereocenters. The van der Waals surface area contributed by atoms with Crippen LogP contribution in [-0.2, 0) is 6.42 Å². The fourth-order valence-electron chi connectivity index (χ4n) is 2.42. The summed E-state index contributed by atoms with van der Waals surface area (Å²) in [5, 5.41) is 11.8. The van der Waals surface area contributed by atoms with Crippen molar-refractivity contribution in [3.63, 3.8) is 0 Å². The molecule has 1 atom stereocenters. The maximum absolute atomic E-state index is 13.9. The summed E-state index contributed by atoms with van der Waals surface area (Å²) in [5.74, 6) is -0.155. The molecule has 1 aromatic heterocycles. The van der Waals surface area contributed by atoms with Gasteiger partial charge in [0.05, 0.1) is 11.4 Å².